The minimum absolute atomic E-state index is 0.232. The number of aromatic nitrogens is 3. The first-order valence-corrected chi connectivity index (χ1v) is 7.63. The molecule has 0 saturated carbocycles. The van der Waals surface area contributed by atoms with Crippen LogP contribution in [0.2, 0.25) is 0 Å². The smallest absolute Gasteiger partial charge is 0.410 e. The number of carbonyl (C=O) groups is 2. The first-order chi connectivity index (χ1) is 11.6. The highest BCUT2D eigenvalue weighted by Gasteiger charge is 2.46. The molecule has 0 bridgehead atoms. The van der Waals surface area contributed by atoms with Crippen LogP contribution in [0.15, 0.2) is 18.6 Å². The number of ether oxygens (including phenoxy) is 1. The third kappa shape index (κ3) is 2.84. The number of fused-ring (bicyclic) bond motifs is 1. The fourth-order valence-electron chi connectivity index (χ4n) is 3.38. The topological polar surface area (TPSA) is 112 Å². The standard InChI is InChI=1S/C14H17N5O2.CH2O2/c1-18-7-14(21-13(18)20)4-2-6-19(8-14)12-11-10(3-5-15-11)16-9-17-12;2-1-3/h3,5,9,15H,2,4,6-8H2,1H3;1H,(H,2,3). The molecule has 4 rings (SSSR count). The number of likely N-dealkylation sites (N-methyl/N-ethyl adjacent to an activating group) is 1. The van der Waals surface area contributed by atoms with E-state index in [4.69, 9.17) is 14.6 Å². The minimum Gasteiger partial charge on any atom is -0.483 e. The molecule has 0 aromatic carbocycles. The molecule has 2 fully saturated rings. The van der Waals surface area contributed by atoms with E-state index >= 15 is 0 Å². The van der Waals surface area contributed by atoms with Gasteiger partial charge in [-0.15, -0.1) is 0 Å². The molecule has 1 atom stereocenters. The highest BCUT2D eigenvalue weighted by molar-refractivity contribution is 5.86. The van der Waals surface area contributed by atoms with Crippen LogP contribution in [-0.2, 0) is 9.53 Å². The molecule has 24 heavy (non-hydrogen) atoms. The van der Waals surface area contributed by atoms with Crippen molar-refractivity contribution < 1.29 is 19.4 Å². The molecule has 0 radical (unpaired) electrons. The summed E-state index contributed by atoms with van der Waals surface area (Å²) in [5, 5.41) is 6.89. The Labute approximate surface area is 138 Å². The van der Waals surface area contributed by atoms with Crippen LogP contribution < -0.4 is 4.90 Å². The molecule has 2 N–H and O–H groups in total. The predicted octanol–water partition coefficient (Wildman–Crippen LogP) is 1.08. The van der Waals surface area contributed by atoms with Gasteiger partial charge in [0.2, 0.25) is 0 Å². The Balaban J connectivity index is 0.000000526. The van der Waals surface area contributed by atoms with Crippen molar-refractivity contribution in [3.05, 3.63) is 18.6 Å². The van der Waals surface area contributed by atoms with Gasteiger partial charge in [-0.05, 0) is 18.9 Å². The third-order valence-electron chi connectivity index (χ3n) is 4.31. The molecule has 2 saturated heterocycles. The average Bonchev–Trinajstić information content (AvgIpc) is 3.13. The lowest BCUT2D eigenvalue weighted by atomic mass is 9.93. The summed E-state index contributed by atoms with van der Waals surface area (Å²) in [6.07, 6.45) is 5.10. The molecular formula is C15H19N5O4. The minimum atomic E-state index is -0.409. The van der Waals surface area contributed by atoms with E-state index in [0.29, 0.717) is 13.1 Å². The Morgan fingerprint density at radius 3 is 2.92 bits per heavy atom. The molecular weight excluding hydrogens is 314 g/mol. The van der Waals surface area contributed by atoms with Gasteiger partial charge in [-0.1, -0.05) is 0 Å². The highest BCUT2D eigenvalue weighted by atomic mass is 16.6. The van der Waals surface area contributed by atoms with E-state index in [-0.39, 0.29) is 12.6 Å². The van der Waals surface area contributed by atoms with E-state index in [1.807, 2.05) is 12.3 Å². The second kappa shape index (κ2) is 6.34. The van der Waals surface area contributed by atoms with Gasteiger partial charge in [-0.25, -0.2) is 14.8 Å². The van der Waals surface area contributed by atoms with Crippen molar-refractivity contribution in [1.29, 1.82) is 0 Å². The maximum Gasteiger partial charge on any atom is 0.410 e. The van der Waals surface area contributed by atoms with Gasteiger partial charge in [0.15, 0.2) is 5.82 Å². The van der Waals surface area contributed by atoms with Crippen LogP contribution in [0.4, 0.5) is 10.6 Å². The Bertz CT molecular complexity index is 748. The number of H-pyrrole nitrogens is 1. The van der Waals surface area contributed by atoms with Crippen molar-refractivity contribution in [3.63, 3.8) is 0 Å². The molecule has 128 valence electrons. The van der Waals surface area contributed by atoms with Gasteiger partial charge in [-0.2, -0.15) is 0 Å². The van der Waals surface area contributed by atoms with Gasteiger partial charge in [0.1, 0.15) is 17.4 Å². The van der Waals surface area contributed by atoms with E-state index < -0.39 is 5.60 Å². The summed E-state index contributed by atoms with van der Waals surface area (Å²) >= 11 is 0. The summed E-state index contributed by atoms with van der Waals surface area (Å²) in [5.41, 5.74) is 1.43. The molecule has 2 aliphatic heterocycles. The van der Waals surface area contributed by atoms with Crippen LogP contribution in [-0.4, -0.2) is 69.8 Å². The number of anilines is 1. The lowest BCUT2D eigenvalue weighted by Gasteiger charge is -2.39. The molecule has 4 heterocycles. The maximum absolute atomic E-state index is 11.7. The zero-order chi connectivity index (χ0) is 17.2. The van der Waals surface area contributed by atoms with Crippen LogP contribution in [0.5, 0.6) is 0 Å². The average molecular weight is 333 g/mol. The number of hydrogen-bond donors (Lipinski definition) is 2. The largest absolute Gasteiger partial charge is 0.483 e. The molecule has 1 spiro atoms. The Hall–Kier alpha value is -2.84. The molecule has 2 aromatic rings. The van der Waals surface area contributed by atoms with Crippen LogP contribution in [0.3, 0.4) is 0 Å². The molecule has 2 aromatic heterocycles. The van der Waals surface area contributed by atoms with Crippen LogP contribution in [0.25, 0.3) is 11.0 Å². The predicted molar refractivity (Wildman–Crippen MR) is 85.9 cm³/mol. The van der Waals surface area contributed by atoms with Crippen molar-refractivity contribution in [2.24, 2.45) is 0 Å². The number of carbonyl (C=O) groups excluding carboxylic acids is 1. The monoisotopic (exact) mass is 333 g/mol. The fourth-order valence-corrected chi connectivity index (χ4v) is 3.38. The van der Waals surface area contributed by atoms with Gasteiger partial charge in [0.05, 0.1) is 18.6 Å². The van der Waals surface area contributed by atoms with Gasteiger partial charge >= 0.3 is 6.09 Å². The van der Waals surface area contributed by atoms with Gasteiger partial charge in [-0.3, -0.25) is 4.79 Å². The summed E-state index contributed by atoms with van der Waals surface area (Å²) in [4.78, 5) is 35.8. The number of nitrogens with zero attached hydrogens (tertiary/aromatic N) is 4. The van der Waals surface area contributed by atoms with Gasteiger partial charge in [0.25, 0.3) is 6.47 Å². The summed E-state index contributed by atoms with van der Waals surface area (Å²) in [7, 11) is 1.78. The number of carboxylic acid groups (broad SMARTS) is 1. The fraction of sp³-hybridized carbons (Fsp3) is 0.467. The first-order valence-electron chi connectivity index (χ1n) is 7.63. The molecule has 1 unspecified atom stereocenters. The third-order valence-corrected chi connectivity index (χ3v) is 4.31. The number of amides is 1. The zero-order valence-corrected chi connectivity index (χ0v) is 13.3. The van der Waals surface area contributed by atoms with Crippen LogP contribution in [0, 0.1) is 0 Å². The van der Waals surface area contributed by atoms with E-state index in [9.17, 15) is 4.79 Å². The van der Waals surface area contributed by atoms with Crippen molar-refractivity contribution >= 4 is 29.4 Å². The number of rotatable bonds is 1. The second-order valence-electron chi connectivity index (χ2n) is 5.97. The van der Waals surface area contributed by atoms with Crippen molar-refractivity contribution in [2.75, 3.05) is 31.6 Å². The molecule has 9 nitrogen and oxygen atoms in total. The number of nitrogens with one attached hydrogen (secondary N) is 1. The normalized spacial score (nSPS) is 23.1. The summed E-state index contributed by atoms with van der Waals surface area (Å²) in [5.74, 6) is 0.884. The van der Waals surface area contributed by atoms with Gasteiger partial charge in [0, 0.05) is 19.8 Å². The van der Waals surface area contributed by atoms with Gasteiger partial charge < -0.3 is 24.6 Å². The Morgan fingerprint density at radius 2 is 2.21 bits per heavy atom. The molecule has 0 aliphatic carbocycles. The molecule has 9 heteroatoms. The van der Waals surface area contributed by atoms with E-state index in [0.717, 1.165) is 36.2 Å². The van der Waals surface area contributed by atoms with E-state index in [2.05, 4.69) is 19.9 Å². The summed E-state index contributed by atoms with van der Waals surface area (Å²) in [6, 6.07) is 1.93. The Kier molecular flexibility index (Phi) is 4.24. The van der Waals surface area contributed by atoms with E-state index in [1.165, 1.54) is 0 Å². The summed E-state index contributed by atoms with van der Waals surface area (Å²) in [6.45, 7) is 1.98. The number of hydrogen-bond acceptors (Lipinski definition) is 6. The lowest BCUT2D eigenvalue weighted by Crippen LogP contribution is -2.51. The quantitative estimate of drug-likeness (QED) is 0.751. The SMILES string of the molecule is CN1CC2(CCCN(c3ncnc4cc[nH]c34)C2)OC1=O.O=CO. The van der Waals surface area contributed by atoms with Crippen molar-refractivity contribution in [1.82, 2.24) is 19.9 Å². The highest BCUT2D eigenvalue weighted by Crippen LogP contribution is 2.34. The van der Waals surface area contributed by atoms with Crippen molar-refractivity contribution in [3.8, 4) is 0 Å². The van der Waals surface area contributed by atoms with E-state index in [1.54, 1.807) is 18.3 Å². The first kappa shape index (κ1) is 16.0. The maximum atomic E-state index is 11.7. The molecule has 1 amide bonds. The number of aromatic amines is 1. The Morgan fingerprint density at radius 1 is 1.42 bits per heavy atom. The van der Waals surface area contributed by atoms with Crippen molar-refractivity contribution in [2.45, 2.75) is 18.4 Å². The van der Waals surface area contributed by atoms with Crippen LogP contribution in [0.1, 0.15) is 12.8 Å². The lowest BCUT2D eigenvalue weighted by molar-refractivity contribution is -0.122. The second-order valence-corrected chi connectivity index (χ2v) is 5.97. The summed E-state index contributed by atoms with van der Waals surface area (Å²) < 4.78 is 5.64. The zero-order valence-electron chi connectivity index (χ0n) is 13.3. The van der Waals surface area contributed by atoms with Crippen LogP contribution >= 0.6 is 0 Å². The number of piperidine rings is 1. The molecule has 2 aliphatic rings.